The summed E-state index contributed by atoms with van der Waals surface area (Å²) in [5.74, 6) is -0.272. The Bertz CT molecular complexity index is 1100. The monoisotopic (exact) mass is 433 g/mol. The fourth-order valence-corrected chi connectivity index (χ4v) is 3.71. The number of piperidine rings is 1. The SMILES string of the molecule is COc1cc(NC(=O)c2cccc(C(F)(F)F)n2)cc2cn(C3CCN(C)CC3)nc12. The van der Waals surface area contributed by atoms with Crippen LogP contribution >= 0.6 is 0 Å². The summed E-state index contributed by atoms with van der Waals surface area (Å²) in [7, 11) is 3.59. The van der Waals surface area contributed by atoms with Crippen molar-refractivity contribution in [2.24, 2.45) is 0 Å². The van der Waals surface area contributed by atoms with Gasteiger partial charge in [-0.15, -0.1) is 0 Å². The highest BCUT2D eigenvalue weighted by molar-refractivity contribution is 6.04. The van der Waals surface area contributed by atoms with E-state index in [2.05, 4.69) is 27.3 Å². The van der Waals surface area contributed by atoms with Crippen molar-refractivity contribution in [1.29, 1.82) is 0 Å². The molecule has 164 valence electrons. The van der Waals surface area contributed by atoms with Gasteiger partial charge in [0.15, 0.2) is 0 Å². The van der Waals surface area contributed by atoms with Gasteiger partial charge in [0.2, 0.25) is 0 Å². The van der Waals surface area contributed by atoms with E-state index in [4.69, 9.17) is 4.74 Å². The number of hydrogen-bond donors (Lipinski definition) is 1. The van der Waals surface area contributed by atoms with Crippen LogP contribution in [0.5, 0.6) is 5.75 Å². The van der Waals surface area contributed by atoms with Crippen LogP contribution in [-0.2, 0) is 6.18 Å². The van der Waals surface area contributed by atoms with E-state index in [0.29, 0.717) is 17.0 Å². The van der Waals surface area contributed by atoms with Crippen LogP contribution in [0.15, 0.2) is 36.5 Å². The Hall–Kier alpha value is -3.14. The number of nitrogens with zero attached hydrogens (tertiary/aromatic N) is 4. The molecule has 0 atom stereocenters. The fraction of sp³-hybridized carbons (Fsp3) is 0.381. The average Bonchev–Trinajstić information content (AvgIpc) is 3.17. The van der Waals surface area contributed by atoms with Crippen LogP contribution in [0.2, 0.25) is 0 Å². The Morgan fingerprint density at radius 2 is 1.97 bits per heavy atom. The highest BCUT2D eigenvalue weighted by Crippen LogP contribution is 2.32. The van der Waals surface area contributed by atoms with Crippen LogP contribution < -0.4 is 10.1 Å². The summed E-state index contributed by atoms with van der Waals surface area (Å²) < 4.78 is 46.0. The number of ether oxygens (including phenoxy) is 1. The molecule has 1 amide bonds. The lowest BCUT2D eigenvalue weighted by Gasteiger charge is -2.28. The first-order valence-electron chi connectivity index (χ1n) is 9.85. The summed E-state index contributed by atoms with van der Waals surface area (Å²) in [6, 6.07) is 6.81. The summed E-state index contributed by atoms with van der Waals surface area (Å²) in [6.45, 7) is 1.98. The average molecular weight is 433 g/mol. The van der Waals surface area contributed by atoms with E-state index in [1.54, 1.807) is 12.1 Å². The topological polar surface area (TPSA) is 72.3 Å². The van der Waals surface area contributed by atoms with Crippen molar-refractivity contribution in [1.82, 2.24) is 19.7 Å². The predicted octanol–water partition coefficient (Wildman–Crippen LogP) is 3.98. The number of carbonyl (C=O) groups excluding carboxylic acids is 1. The second-order valence-electron chi connectivity index (χ2n) is 7.62. The quantitative estimate of drug-likeness (QED) is 0.674. The fourth-order valence-electron chi connectivity index (χ4n) is 3.71. The summed E-state index contributed by atoms with van der Waals surface area (Å²) in [5, 5.41) is 8.05. The molecule has 3 aromatic rings. The molecule has 10 heteroatoms. The summed E-state index contributed by atoms with van der Waals surface area (Å²) in [5.41, 5.74) is -0.392. The molecule has 3 heterocycles. The maximum Gasteiger partial charge on any atom is 0.433 e. The molecule has 1 fully saturated rings. The number of carbonyl (C=O) groups is 1. The van der Waals surface area contributed by atoms with Crippen molar-refractivity contribution in [2.75, 3.05) is 32.6 Å². The Balaban J connectivity index is 1.60. The van der Waals surface area contributed by atoms with Crippen LogP contribution in [-0.4, -0.2) is 52.8 Å². The Labute approximate surface area is 176 Å². The summed E-state index contributed by atoms with van der Waals surface area (Å²) >= 11 is 0. The molecule has 31 heavy (non-hydrogen) atoms. The summed E-state index contributed by atoms with van der Waals surface area (Å²) in [4.78, 5) is 18.2. The zero-order valence-corrected chi connectivity index (χ0v) is 17.1. The van der Waals surface area contributed by atoms with Crippen molar-refractivity contribution in [3.63, 3.8) is 0 Å². The van der Waals surface area contributed by atoms with E-state index in [9.17, 15) is 18.0 Å². The van der Waals surface area contributed by atoms with Crippen molar-refractivity contribution in [3.05, 3.63) is 47.9 Å². The lowest BCUT2D eigenvalue weighted by Crippen LogP contribution is -2.31. The van der Waals surface area contributed by atoms with Gasteiger partial charge in [-0.05, 0) is 51.2 Å². The number of benzene rings is 1. The molecule has 1 saturated heterocycles. The number of pyridine rings is 1. The second-order valence-corrected chi connectivity index (χ2v) is 7.62. The van der Waals surface area contributed by atoms with Gasteiger partial charge in [-0.2, -0.15) is 18.3 Å². The van der Waals surface area contributed by atoms with Gasteiger partial charge in [-0.1, -0.05) is 6.07 Å². The highest BCUT2D eigenvalue weighted by Gasteiger charge is 2.33. The van der Waals surface area contributed by atoms with Gasteiger partial charge in [0.25, 0.3) is 5.91 Å². The second kappa shape index (κ2) is 8.18. The molecule has 0 radical (unpaired) electrons. The van der Waals surface area contributed by atoms with Crippen LogP contribution in [0.1, 0.15) is 35.1 Å². The minimum absolute atomic E-state index is 0.278. The zero-order valence-electron chi connectivity index (χ0n) is 17.1. The van der Waals surface area contributed by atoms with Crippen molar-refractivity contribution < 1.29 is 22.7 Å². The van der Waals surface area contributed by atoms with E-state index in [1.807, 2.05) is 10.9 Å². The zero-order chi connectivity index (χ0) is 22.2. The first-order chi connectivity index (χ1) is 14.7. The summed E-state index contributed by atoms with van der Waals surface area (Å²) in [6.07, 6.45) is -0.748. The smallest absolute Gasteiger partial charge is 0.433 e. The molecule has 0 spiro atoms. The molecule has 0 unspecified atom stereocenters. The van der Waals surface area contributed by atoms with E-state index < -0.39 is 17.8 Å². The number of halogens is 3. The number of amides is 1. The van der Waals surface area contributed by atoms with Gasteiger partial charge in [-0.25, -0.2) is 4.98 Å². The molecule has 7 nitrogen and oxygen atoms in total. The molecule has 0 bridgehead atoms. The van der Waals surface area contributed by atoms with Crippen molar-refractivity contribution >= 4 is 22.5 Å². The van der Waals surface area contributed by atoms with Crippen molar-refractivity contribution in [3.8, 4) is 5.75 Å². The van der Waals surface area contributed by atoms with Crippen LogP contribution in [0.3, 0.4) is 0 Å². The van der Waals surface area contributed by atoms with Gasteiger partial charge in [-0.3, -0.25) is 9.48 Å². The normalized spacial score (nSPS) is 15.9. The Morgan fingerprint density at radius 3 is 2.65 bits per heavy atom. The minimum Gasteiger partial charge on any atom is -0.494 e. The van der Waals surface area contributed by atoms with Gasteiger partial charge in [0.05, 0.1) is 13.2 Å². The maximum atomic E-state index is 12.9. The molecule has 1 aliphatic rings. The lowest BCUT2D eigenvalue weighted by atomic mass is 10.1. The van der Waals surface area contributed by atoms with Gasteiger partial charge < -0.3 is 15.0 Å². The first-order valence-corrected chi connectivity index (χ1v) is 9.85. The van der Waals surface area contributed by atoms with E-state index >= 15 is 0 Å². The third-order valence-electron chi connectivity index (χ3n) is 5.40. The number of aromatic nitrogens is 3. The first kappa shape index (κ1) is 21.1. The number of methoxy groups -OCH3 is 1. The number of anilines is 1. The lowest BCUT2D eigenvalue weighted by molar-refractivity contribution is -0.141. The van der Waals surface area contributed by atoms with Crippen molar-refractivity contribution in [2.45, 2.75) is 25.1 Å². The number of alkyl halides is 3. The van der Waals surface area contributed by atoms with Gasteiger partial charge in [0, 0.05) is 23.3 Å². The number of rotatable bonds is 4. The largest absolute Gasteiger partial charge is 0.494 e. The molecular formula is C21H22F3N5O2. The predicted molar refractivity (Wildman–Crippen MR) is 109 cm³/mol. The van der Waals surface area contributed by atoms with E-state index in [0.717, 1.165) is 43.5 Å². The molecule has 0 aliphatic carbocycles. The van der Waals surface area contributed by atoms with Crippen LogP contribution in [0.25, 0.3) is 10.9 Å². The number of likely N-dealkylation sites (tertiary alicyclic amines) is 1. The molecular weight excluding hydrogens is 411 g/mol. The van der Waals surface area contributed by atoms with Crippen LogP contribution in [0.4, 0.5) is 18.9 Å². The maximum absolute atomic E-state index is 12.9. The molecule has 2 aromatic heterocycles. The molecule has 1 aliphatic heterocycles. The molecule has 1 N–H and O–H groups in total. The van der Waals surface area contributed by atoms with E-state index in [-0.39, 0.29) is 11.7 Å². The Kier molecular flexibility index (Phi) is 5.57. The number of fused-ring (bicyclic) bond motifs is 1. The van der Waals surface area contributed by atoms with Gasteiger partial charge in [0.1, 0.15) is 22.7 Å². The van der Waals surface area contributed by atoms with Gasteiger partial charge >= 0.3 is 6.18 Å². The standard InChI is InChI=1S/C21H22F3N5O2/c1-28-8-6-15(7-9-28)29-12-13-10-14(11-17(31-2)19(13)27-29)25-20(30)16-4-3-5-18(26-16)21(22,23)24/h3-5,10-12,15H,6-9H2,1-2H3,(H,25,30). The number of hydrogen-bond acceptors (Lipinski definition) is 5. The third-order valence-corrected chi connectivity index (χ3v) is 5.40. The third kappa shape index (κ3) is 4.48. The minimum atomic E-state index is -4.62. The molecule has 1 aromatic carbocycles. The molecule has 4 rings (SSSR count). The molecule has 0 saturated carbocycles. The number of nitrogens with one attached hydrogen (secondary N) is 1. The highest BCUT2D eigenvalue weighted by atomic mass is 19.4. The Morgan fingerprint density at radius 1 is 1.23 bits per heavy atom. The van der Waals surface area contributed by atoms with E-state index in [1.165, 1.54) is 13.2 Å². The van der Waals surface area contributed by atoms with Crippen LogP contribution in [0, 0.1) is 0 Å².